The highest BCUT2D eigenvalue weighted by molar-refractivity contribution is 5.36. The molecule has 0 amide bonds. The third kappa shape index (κ3) is 2.48. The van der Waals surface area contributed by atoms with Crippen LogP contribution in [0.2, 0.25) is 0 Å². The fraction of sp³-hybridized carbons (Fsp3) is 0.167. The van der Waals surface area contributed by atoms with Gasteiger partial charge in [0.2, 0.25) is 17.7 Å². The summed E-state index contributed by atoms with van der Waals surface area (Å²) in [4.78, 5) is 7.65. The van der Waals surface area contributed by atoms with Crippen LogP contribution in [-0.4, -0.2) is 17.1 Å². The molecular formula is C12H12FN3O2. The molecule has 0 radical (unpaired) electrons. The lowest BCUT2D eigenvalue weighted by atomic mass is 10.2. The number of rotatable bonds is 3. The lowest BCUT2D eigenvalue weighted by Gasteiger charge is -2.08. The van der Waals surface area contributed by atoms with Gasteiger partial charge in [0, 0.05) is 0 Å². The number of anilines is 1. The van der Waals surface area contributed by atoms with Crippen LogP contribution in [0.4, 0.5) is 10.3 Å². The maximum absolute atomic E-state index is 13.7. The van der Waals surface area contributed by atoms with Crippen LogP contribution in [0.25, 0.3) is 0 Å². The topological polar surface area (TPSA) is 70.3 Å². The largest absolute Gasteiger partial charge is 0.481 e. The summed E-state index contributed by atoms with van der Waals surface area (Å²) < 4.78 is 24.0. The van der Waals surface area contributed by atoms with Crippen LogP contribution in [-0.2, 0) is 0 Å². The Morgan fingerprint density at radius 2 is 1.94 bits per heavy atom. The third-order valence-electron chi connectivity index (χ3n) is 2.28. The van der Waals surface area contributed by atoms with Crippen LogP contribution in [0, 0.1) is 12.7 Å². The van der Waals surface area contributed by atoms with Crippen molar-refractivity contribution in [2.45, 2.75) is 6.92 Å². The second-order valence-corrected chi connectivity index (χ2v) is 3.60. The van der Waals surface area contributed by atoms with E-state index in [0.29, 0.717) is 5.56 Å². The lowest BCUT2D eigenvalue weighted by Crippen LogP contribution is -2.00. The van der Waals surface area contributed by atoms with Gasteiger partial charge >= 0.3 is 0 Å². The first kappa shape index (κ1) is 12.1. The standard InChI is InChI=1S/C12H12FN3O2/c1-7-4-3-5-8(11(7)13)18-10-6-9(17-2)15-12(14)16-10/h3-6H,1-2H3,(H2,14,15,16). The number of hydrogen-bond acceptors (Lipinski definition) is 5. The second kappa shape index (κ2) is 4.87. The molecule has 0 saturated carbocycles. The molecule has 1 aromatic heterocycles. The smallest absolute Gasteiger partial charge is 0.228 e. The first-order valence-corrected chi connectivity index (χ1v) is 5.21. The van der Waals surface area contributed by atoms with Gasteiger partial charge in [-0.05, 0) is 18.6 Å². The molecule has 2 N–H and O–H groups in total. The van der Waals surface area contributed by atoms with Crippen molar-refractivity contribution in [3.63, 3.8) is 0 Å². The molecule has 0 spiro atoms. The van der Waals surface area contributed by atoms with Crippen molar-refractivity contribution < 1.29 is 13.9 Å². The van der Waals surface area contributed by atoms with Gasteiger partial charge in [0.25, 0.3) is 0 Å². The second-order valence-electron chi connectivity index (χ2n) is 3.60. The summed E-state index contributed by atoms with van der Waals surface area (Å²) in [6, 6.07) is 6.28. The average molecular weight is 249 g/mol. The van der Waals surface area contributed by atoms with E-state index < -0.39 is 5.82 Å². The zero-order valence-electron chi connectivity index (χ0n) is 9.98. The molecule has 0 bridgehead atoms. The predicted octanol–water partition coefficient (Wildman–Crippen LogP) is 2.31. The first-order valence-electron chi connectivity index (χ1n) is 5.21. The van der Waals surface area contributed by atoms with Crippen LogP contribution in [0.3, 0.4) is 0 Å². The van der Waals surface area contributed by atoms with E-state index in [-0.39, 0.29) is 23.5 Å². The average Bonchev–Trinajstić information content (AvgIpc) is 2.34. The first-order chi connectivity index (χ1) is 8.60. The Hall–Kier alpha value is -2.37. The minimum absolute atomic E-state index is 0.00240. The Morgan fingerprint density at radius 3 is 2.67 bits per heavy atom. The van der Waals surface area contributed by atoms with Crippen LogP contribution < -0.4 is 15.2 Å². The van der Waals surface area contributed by atoms with Crippen molar-refractivity contribution in [1.29, 1.82) is 0 Å². The SMILES string of the molecule is COc1cc(Oc2cccc(C)c2F)nc(N)n1. The molecule has 5 nitrogen and oxygen atoms in total. The third-order valence-corrected chi connectivity index (χ3v) is 2.28. The van der Waals surface area contributed by atoms with Crippen LogP contribution in [0.15, 0.2) is 24.3 Å². The van der Waals surface area contributed by atoms with E-state index >= 15 is 0 Å². The molecule has 0 atom stereocenters. The molecule has 0 fully saturated rings. The van der Waals surface area contributed by atoms with E-state index in [2.05, 4.69) is 9.97 Å². The number of nitrogen functional groups attached to an aromatic ring is 1. The van der Waals surface area contributed by atoms with Gasteiger partial charge in [0.1, 0.15) is 0 Å². The zero-order chi connectivity index (χ0) is 13.1. The van der Waals surface area contributed by atoms with E-state index in [1.54, 1.807) is 19.1 Å². The summed E-state index contributed by atoms with van der Waals surface area (Å²) >= 11 is 0. The highest BCUT2D eigenvalue weighted by Crippen LogP contribution is 2.26. The van der Waals surface area contributed by atoms with Crippen molar-refractivity contribution in [2.75, 3.05) is 12.8 Å². The number of aryl methyl sites for hydroxylation is 1. The van der Waals surface area contributed by atoms with Crippen molar-refractivity contribution in [3.8, 4) is 17.5 Å². The van der Waals surface area contributed by atoms with Gasteiger partial charge in [-0.25, -0.2) is 4.39 Å². The summed E-state index contributed by atoms with van der Waals surface area (Å²) in [5, 5.41) is 0. The molecule has 0 aliphatic heterocycles. The Bertz CT molecular complexity index is 575. The molecule has 0 aliphatic carbocycles. The highest BCUT2D eigenvalue weighted by Gasteiger charge is 2.10. The summed E-state index contributed by atoms with van der Waals surface area (Å²) in [6.45, 7) is 1.65. The maximum Gasteiger partial charge on any atom is 0.228 e. The van der Waals surface area contributed by atoms with Gasteiger partial charge in [-0.2, -0.15) is 9.97 Å². The highest BCUT2D eigenvalue weighted by atomic mass is 19.1. The zero-order valence-corrected chi connectivity index (χ0v) is 9.98. The number of aromatic nitrogens is 2. The Labute approximate surface area is 103 Å². The predicted molar refractivity (Wildman–Crippen MR) is 64.2 cm³/mol. The van der Waals surface area contributed by atoms with Gasteiger partial charge in [0.15, 0.2) is 11.6 Å². The Kier molecular flexibility index (Phi) is 3.27. The van der Waals surface area contributed by atoms with E-state index in [0.717, 1.165) is 0 Å². The summed E-state index contributed by atoms with van der Waals surface area (Å²) in [7, 11) is 1.44. The molecule has 18 heavy (non-hydrogen) atoms. The van der Waals surface area contributed by atoms with Crippen molar-refractivity contribution in [1.82, 2.24) is 9.97 Å². The van der Waals surface area contributed by atoms with E-state index in [4.69, 9.17) is 15.2 Å². The summed E-state index contributed by atoms with van der Waals surface area (Å²) in [5.41, 5.74) is 5.97. The van der Waals surface area contributed by atoms with Crippen molar-refractivity contribution in [3.05, 3.63) is 35.6 Å². The van der Waals surface area contributed by atoms with Crippen LogP contribution >= 0.6 is 0 Å². The van der Waals surface area contributed by atoms with Gasteiger partial charge in [-0.15, -0.1) is 0 Å². The minimum Gasteiger partial charge on any atom is -0.481 e. The number of nitrogens with zero attached hydrogens (tertiary/aromatic N) is 2. The fourth-order valence-electron chi connectivity index (χ4n) is 1.39. The monoisotopic (exact) mass is 249 g/mol. The fourth-order valence-corrected chi connectivity index (χ4v) is 1.39. The Balaban J connectivity index is 2.34. The molecule has 0 aliphatic rings. The van der Waals surface area contributed by atoms with E-state index in [9.17, 15) is 4.39 Å². The Morgan fingerprint density at radius 1 is 1.22 bits per heavy atom. The summed E-state index contributed by atoms with van der Waals surface area (Å²) in [6.07, 6.45) is 0. The molecule has 0 unspecified atom stereocenters. The molecule has 0 saturated heterocycles. The number of methoxy groups -OCH3 is 1. The van der Waals surface area contributed by atoms with E-state index in [1.807, 2.05) is 0 Å². The number of nitrogens with two attached hydrogens (primary N) is 1. The maximum atomic E-state index is 13.7. The molecular weight excluding hydrogens is 237 g/mol. The van der Waals surface area contributed by atoms with Crippen molar-refractivity contribution in [2.24, 2.45) is 0 Å². The number of halogens is 1. The van der Waals surface area contributed by atoms with Gasteiger partial charge < -0.3 is 15.2 Å². The van der Waals surface area contributed by atoms with Crippen molar-refractivity contribution >= 4 is 5.95 Å². The molecule has 6 heteroatoms. The number of ether oxygens (including phenoxy) is 2. The van der Waals surface area contributed by atoms with Crippen LogP contribution in [0.1, 0.15) is 5.56 Å². The van der Waals surface area contributed by atoms with Crippen LogP contribution in [0.5, 0.6) is 17.5 Å². The molecule has 2 aromatic rings. The number of benzene rings is 1. The molecule has 1 heterocycles. The number of hydrogen-bond donors (Lipinski definition) is 1. The quantitative estimate of drug-likeness (QED) is 0.903. The molecule has 94 valence electrons. The van der Waals surface area contributed by atoms with Gasteiger partial charge in [-0.3, -0.25) is 0 Å². The summed E-state index contributed by atoms with van der Waals surface area (Å²) in [5.74, 6) is 0.0237. The molecule has 2 rings (SSSR count). The minimum atomic E-state index is -0.436. The lowest BCUT2D eigenvalue weighted by molar-refractivity contribution is 0.384. The normalized spacial score (nSPS) is 10.2. The van der Waals surface area contributed by atoms with Gasteiger partial charge in [0.05, 0.1) is 13.2 Å². The van der Waals surface area contributed by atoms with Gasteiger partial charge in [-0.1, -0.05) is 12.1 Å². The molecule has 1 aromatic carbocycles. The van der Waals surface area contributed by atoms with E-state index in [1.165, 1.54) is 19.2 Å².